The van der Waals surface area contributed by atoms with Gasteiger partial charge in [0.2, 0.25) is 12.3 Å². The van der Waals surface area contributed by atoms with Crippen molar-refractivity contribution in [3.05, 3.63) is 65.9 Å². The summed E-state index contributed by atoms with van der Waals surface area (Å²) in [5.74, 6) is -2.24. The van der Waals surface area contributed by atoms with Crippen molar-refractivity contribution in [1.29, 1.82) is 0 Å². The Balaban J connectivity index is 0.00000486. The van der Waals surface area contributed by atoms with Gasteiger partial charge in [0.05, 0.1) is 36.1 Å². The van der Waals surface area contributed by atoms with Gasteiger partial charge in [-0.05, 0) is 87.2 Å². The number of nitrogens with one attached hydrogen (secondary N) is 2. The van der Waals surface area contributed by atoms with Gasteiger partial charge in [0.1, 0.15) is 11.5 Å². The van der Waals surface area contributed by atoms with Crippen molar-refractivity contribution in [3.8, 4) is 17.1 Å². The molecule has 2 heterocycles. The Morgan fingerprint density at radius 2 is 1.68 bits per heavy atom. The van der Waals surface area contributed by atoms with Crippen molar-refractivity contribution >= 4 is 42.8 Å². The van der Waals surface area contributed by atoms with E-state index >= 15 is 0 Å². The van der Waals surface area contributed by atoms with Gasteiger partial charge in [-0.15, -0.1) is 0 Å². The second kappa shape index (κ2) is 21.1. The molecule has 17 heteroatoms. The summed E-state index contributed by atoms with van der Waals surface area (Å²) >= 11 is 0. The molecule has 4 rings (SSSR count). The first-order chi connectivity index (χ1) is 24.5. The monoisotopic (exact) mass is 760 g/mol. The lowest BCUT2D eigenvalue weighted by Gasteiger charge is -2.31. The molecule has 1 aliphatic heterocycles. The second-order valence-electron chi connectivity index (χ2n) is 12.2. The van der Waals surface area contributed by atoms with Gasteiger partial charge in [0.25, 0.3) is 5.91 Å². The molecule has 2 atom stereocenters. The zero-order valence-electron chi connectivity index (χ0n) is 30.6. The summed E-state index contributed by atoms with van der Waals surface area (Å²) in [5.41, 5.74) is 1.59. The lowest BCUT2D eigenvalue weighted by atomic mass is 9.90. The number of benzene rings is 2. The Kier molecular flexibility index (Phi) is 17.7. The normalized spacial score (nSPS) is 13.5. The molecule has 0 spiro atoms. The first-order valence-electron chi connectivity index (χ1n) is 17.3. The van der Waals surface area contributed by atoms with Crippen LogP contribution in [0.25, 0.3) is 11.3 Å². The van der Waals surface area contributed by atoms with Crippen LogP contribution in [0.4, 0.5) is 5.69 Å². The molecule has 1 aliphatic rings. The van der Waals surface area contributed by atoms with Gasteiger partial charge in [0.15, 0.2) is 5.76 Å². The molecular weight excluding hydrogens is 707 g/mol. The Labute approximate surface area is 309 Å². The zero-order chi connectivity index (χ0) is 37.0. The third kappa shape index (κ3) is 12.2. The first-order valence-corrected chi connectivity index (χ1v) is 18.9. The van der Waals surface area contributed by atoms with E-state index in [1.165, 1.54) is 30.3 Å². The summed E-state index contributed by atoms with van der Waals surface area (Å²) in [7, 11) is -4.60. The summed E-state index contributed by atoms with van der Waals surface area (Å²) in [6.45, 7) is 7.49. The van der Waals surface area contributed by atoms with Gasteiger partial charge in [-0.2, -0.15) is 5.06 Å². The number of hydrogen-bond donors (Lipinski definition) is 6. The maximum absolute atomic E-state index is 13.5. The summed E-state index contributed by atoms with van der Waals surface area (Å²) < 4.78 is 23.0. The van der Waals surface area contributed by atoms with Crippen LogP contribution in [0.1, 0.15) is 86.6 Å². The number of rotatable bonds is 19. The van der Waals surface area contributed by atoms with E-state index in [1.54, 1.807) is 26.0 Å². The van der Waals surface area contributed by atoms with E-state index in [9.17, 15) is 33.5 Å². The van der Waals surface area contributed by atoms with Crippen LogP contribution in [0.3, 0.4) is 0 Å². The summed E-state index contributed by atoms with van der Waals surface area (Å²) in [6, 6.07) is 13.2. The second-order valence-corrected chi connectivity index (χ2v) is 13.8. The average molecular weight is 761 g/mol. The van der Waals surface area contributed by atoms with Gasteiger partial charge in [0, 0.05) is 24.3 Å². The van der Waals surface area contributed by atoms with E-state index in [0.29, 0.717) is 31.2 Å². The number of furan rings is 1. The molecule has 0 radical (unpaired) electrons. The predicted molar refractivity (Wildman–Crippen MR) is 200 cm³/mol. The zero-order valence-corrected chi connectivity index (χ0v) is 31.5. The van der Waals surface area contributed by atoms with Crippen LogP contribution in [0, 0.1) is 5.92 Å². The fourth-order valence-electron chi connectivity index (χ4n) is 6.04. The fraction of sp³-hybridized carbons (Fsp3) is 0.444. The number of amides is 3. The van der Waals surface area contributed by atoms with Gasteiger partial charge in [-0.25, -0.2) is 4.79 Å². The SMILES string of the molecule is CCCCC[C@@H](C(=O)NCNC(=O)c1ccc(-c2cc(OCC)cc(P(=O)(O)O)c2)o1)[C@@H](CC)N(C=O)OC(=O)c1ccc(N2CCCC2)cc1.N.N. The third-order valence-corrected chi connectivity index (χ3v) is 9.63. The number of ether oxygens (including phenoxy) is 1. The number of hydroxylamine groups is 2. The molecule has 1 fully saturated rings. The fourth-order valence-corrected chi connectivity index (χ4v) is 6.65. The van der Waals surface area contributed by atoms with Crippen molar-refractivity contribution in [1.82, 2.24) is 28.0 Å². The molecule has 3 aromatic rings. The van der Waals surface area contributed by atoms with Crippen molar-refractivity contribution in [2.24, 2.45) is 5.92 Å². The minimum Gasteiger partial charge on any atom is -0.494 e. The van der Waals surface area contributed by atoms with Crippen LogP contribution < -0.4 is 37.9 Å². The van der Waals surface area contributed by atoms with E-state index in [0.717, 1.165) is 49.5 Å². The Bertz CT molecular complexity index is 1690. The van der Waals surface area contributed by atoms with E-state index in [-0.39, 0.29) is 53.7 Å². The topological polar surface area (TPSA) is 258 Å². The van der Waals surface area contributed by atoms with Crippen LogP contribution in [-0.2, 0) is 19.0 Å². The highest BCUT2D eigenvalue weighted by atomic mass is 31.2. The molecule has 16 nitrogen and oxygen atoms in total. The number of unbranched alkanes of at least 4 members (excludes halogenated alkanes) is 2. The van der Waals surface area contributed by atoms with E-state index in [1.807, 2.05) is 19.1 Å². The summed E-state index contributed by atoms with van der Waals surface area (Å²) in [6.07, 6.45) is 5.84. The summed E-state index contributed by atoms with van der Waals surface area (Å²) in [4.78, 5) is 78.9. The number of carbonyl (C=O) groups excluding carboxylic acids is 4. The molecule has 0 bridgehead atoms. The molecule has 0 saturated carbocycles. The highest BCUT2D eigenvalue weighted by molar-refractivity contribution is 7.60. The molecule has 1 aromatic heterocycles. The smallest absolute Gasteiger partial charge is 0.363 e. The van der Waals surface area contributed by atoms with Crippen molar-refractivity contribution in [3.63, 3.8) is 0 Å². The molecule has 2 aromatic carbocycles. The minimum atomic E-state index is -4.60. The van der Waals surface area contributed by atoms with E-state index in [2.05, 4.69) is 15.5 Å². The number of anilines is 1. The van der Waals surface area contributed by atoms with E-state index < -0.39 is 37.3 Å². The van der Waals surface area contributed by atoms with E-state index in [4.69, 9.17) is 14.0 Å². The predicted octanol–water partition coefficient (Wildman–Crippen LogP) is 5.08. The van der Waals surface area contributed by atoms with Gasteiger partial charge in [-0.3, -0.25) is 18.9 Å². The number of carbonyl (C=O) groups is 4. The largest absolute Gasteiger partial charge is 0.494 e. The van der Waals surface area contributed by atoms with Gasteiger partial charge < -0.3 is 51.6 Å². The standard InChI is InChI=1S/C36H47N4O10P.2H3N/c1-4-7-8-11-30(31(5-2)40(24-41)50-36(44)25-12-14-27(15-13-25)39-18-9-10-19-39)34(42)37-23-38-35(43)33-17-16-32(49-33)26-20-28(48-6-3)22-29(21-26)51(45,46)47;;/h12-17,20-22,24,30-31H,4-11,18-19,23H2,1-3H3,(H,37,42)(H,38,43)(H2,45,46,47);2*1H3/t30-,31-;;/m1../s1. The molecule has 1 saturated heterocycles. The Morgan fingerprint density at radius 1 is 0.981 bits per heavy atom. The highest BCUT2D eigenvalue weighted by Crippen LogP contribution is 2.37. The van der Waals surface area contributed by atoms with Crippen LogP contribution in [0.5, 0.6) is 5.75 Å². The molecule has 292 valence electrons. The molecule has 3 amide bonds. The van der Waals surface area contributed by atoms with Gasteiger partial charge in [-0.1, -0.05) is 33.1 Å². The maximum Gasteiger partial charge on any atom is 0.363 e. The molecule has 53 heavy (non-hydrogen) atoms. The number of hydrogen-bond acceptors (Lipinski definition) is 11. The van der Waals surface area contributed by atoms with Gasteiger partial charge >= 0.3 is 13.6 Å². The lowest BCUT2D eigenvalue weighted by Crippen LogP contribution is -2.49. The quantitative estimate of drug-likeness (QED) is 0.0307. The lowest BCUT2D eigenvalue weighted by molar-refractivity contribution is -0.171. The van der Waals surface area contributed by atoms with Crippen LogP contribution >= 0.6 is 7.60 Å². The maximum atomic E-state index is 13.5. The Morgan fingerprint density at radius 3 is 2.28 bits per heavy atom. The van der Waals surface area contributed by atoms with Crippen LogP contribution in [0.15, 0.2) is 59.0 Å². The average Bonchev–Trinajstić information content (AvgIpc) is 3.84. The van der Waals surface area contributed by atoms with Crippen molar-refractivity contribution < 1.29 is 47.5 Å². The van der Waals surface area contributed by atoms with Crippen molar-refractivity contribution in [2.75, 3.05) is 31.3 Å². The minimum absolute atomic E-state index is 0. The molecule has 0 aliphatic carbocycles. The number of nitrogens with zero attached hydrogens (tertiary/aromatic N) is 2. The Hall–Kier alpha value is -4.73. The first kappa shape index (κ1) is 44.4. The molecule has 10 N–H and O–H groups in total. The van der Waals surface area contributed by atoms with Crippen molar-refractivity contribution in [2.45, 2.75) is 71.8 Å². The molecule has 0 unspecified atom stereocenters. The summed E-state index contributed by atoms with van der Waals surface area (Å²) in [5, 5.41) is 5.93. The van der Waals surface area contributed by atoms with Crippen LogP contribution in [0.2, 0.25) is 0 Å². The third-order valence-electron chi connectivity index (χ3n) is 8.70. The highest BCUT2D eigenvalue weighted by Gasteiger charge is 2.34. The van der Waals surface area contributed by atoms with Crippen LogP contribution in [-0.4, -0.2) is 71.5 Å². The molecular formula is C36H53N6O10P.